The highest BCUT2D eigenvalue weighted by Gasteiger charge is 2.07. The molecule has 4 N–H and O–H groups in total. The Morgan fingerprint density at radius 1 is 1.04 bits per heavy atom. The lowest BCUT2D eigenvalue weighted by Gasteiger charge is -2.10. The van der Waals surface area contributed by atoms with Gasteiger partial charge in [-0.1, -0.05) is 6.07 Å². The van der Waals surface area contributed by atoms with Crippen molar-refractivity contribution in [2.75, 3.05) is 10.6 Å². The molecule has 0 atom stereocenters. The number of aryl methyl sites for hydroxylation is 1. The fraction of sp³-hybridized carbons (Fsp3) is 0.0952. The third-order valence-electron chi connectivity index (χ3n) is 4.70. The second-order valence-corrected chi connectivity index (χ2v) is 6.79. The van der Waals surface area contributed by atoms with Gasteiger partial charge in [-0.25, -0.2) is 4.98 Å². The molecule has 0 bridgehead atoms. The maximum atomic E-state index is 4.59. The molecule has 0 saturated heterocycles. The van der Waals surface area contributed by atoms with Crippen molar-refractivity contribution in [1.82, 2.24) is 25.1 Å². The molecular formula is C21H19N7. The molecule has 138 valence electrons. The lowest BCUT2D eigenvalue weighted by molar-refractivity contribution is 1.09. The number of hydrogen-bond donors (Lipinski definition) is 4. The first-order valence-corrected chi connectivity index (χ1v) is 9.08. The maximum absolute atomic E-state index is 4.59. The van der Waals surface area contributed by atoms with Crippen LogP contribution in [-0.2, 0) is 6.54 Å². The molecule has 0 aliphatic rings. The average molecular weight is 369 g/mol. The van der Waals surface area contributed by atoms with E-state index in [0.29, 0.717) is 12.5 Å². The van der Waals surface area contributed by atoms with Crippen molar-refractivity contribution < 1.29 is 0 Å². The summed E-state index contributed by atoms with van der Waals surface area (Å²) in [6, 6.07) is 14.4. The SMILES string of the molecule is Cc1cc(Nc2nccc(NCc3ccc4[nH]ccc4c3)n2)c2cn[nH]c2c1. The van der Waals surface area contributed by atoms with E-state index in [0.717, 1.165) is 33.5 Å². The Morgan fingerprint density at radius 3 is 2.96 bits per heavy atom. The molecule has 2 aromatic carbocycles. The minimum Gasteiger partial charge on any atom is -0.366 e. The van der Waals surface area contributed by atoms with Crippen LogP contribution >= 0.6 is 0 Å². The predicted molar refractivity (Wildman–Crippen MR) is 112 cm³/mol. The molecule has 7 nitrogen and oxygen atoms in total. The number of aromatic amines is 2. The van der Waals surface area contributed by atoms with Crippen LogP contribution in [0, 0.1) is 6.92 Å². The Kier molecular flexibility index (Phi) is 3.90. The normalized spacial score (nSPS) is 11.2. The maximum Gasteiger partial charge on any atom is 0.229 e. The van der Waals surface area contributed by atoms with Gasteiger partial charge in [0.2, 0.25) is 5.95 Å². The average Bonchev–Trinajstić information content (AvgIpc) is 3.35. The number of fused-ring (bicyclic) bond motifs is 2. The van der Waals surface area contributed by atoms with Gasteiger partial charge in [-0.2, -0.15) is 10.1 Å². The van der Waals surface area contributed by atoms with E-state index in [1.54, 1.807) is 12.4 Å². The molecular weight excluding hydrogens is 350 g/mol. The zero-order valence-electron chi connectivity index (χ0n) is 15.3. The molecule has 0 aliphatic carbocycles. The standard InChI is InChI=1S/C21H19N7/c1-13-8-18(16-12-25-28-19(16)9-13)26-21-23-7-5-20(27-21)24-11-14-2-3-17-15(10-14)4-6-22-17/h2-10,12,22H,11H2,1H3,(H,25,28)(H2,23,24,26,27). The lowest BCUT2D eigenvalue weighted by atomic mass is 10.1. The summed E-state index contributed by atoms with van der Waals surface area (Å²) in [5.74, 6) is 1.31. The van der Waals surface area contributed by atoms with Crippen LogP contribution in [0.2, 0.25) is 0 Å². The van der Waals surface area contributed by atoms with Gasteiger partial charge in [-0.05, 0) is 59.8 Å². The fourth-order valence-electron chi connectivity index (χ4n) is 3.34. The largest absolute Gasteiger partial charge is 0.366 e. The van der Waals surface area contributed by atoms with Gasteiger partial charge in [0.25, 0.3) is 0 Å². The van der Waals surface area contributed by atoms with Crippen LogP contribution in [-0.4, -0.2) is 25.1 Å². The fourth-order valence-corrected chi connectivity index (χ4v) is 3.34. The number of anilines is 3. The molecule has 7 heteroatoms. The monoisotopic (exact) mass is 369 g/mol. The van der Waals surface area contributed by atoms with Crippen LogP contribution in [0.15, 0.2) is 61.1 Å². The van der Waals surface area contributed by atoms with E-state index in [-0.39, 0.29) is 0 Å². The van der Waals surface area contributed by atoms with Gasteiger partial charge in [0.05, 0.1) is 17.4 Å². The van der Waals surface area contributed by atoms with Crippen LogP contribution in [0.25, 0.3) is 21.8 Å². The molecule has 5 rings (SSSR count). The van der Waals surface area contributed by atoms with Gasteiger partial charge in [0.15, 0.2) is 0 Å². The smallest absolute Gasteiger partial charge is 0.229 e. The van der Waals surface area contributed by atoms with E-state index in [1.165, 1.54) is 10.9 Å². The molecule has 0 aliphatic heterocycles. The number of hydrogen-bond acceptors (Lipinski definition) is 5. The topological polar surface area (TPSA) is 94.3 Å². The Labute approximate surface area is 161 Å². The molecule has 5 aromatic rings. The van der Waals surface area contributed by atoms with Gasteiger partial charge in [-0.3, -0.25) is 5.10 Å². The minimum absolute atomic E-state index is 0.541. The summed E-state index contributed by atoms with van der Waals surface area (Å²) in [5, 5.41) is 16.0. The molecule has 0 radical (unpaired) electrons. The number of benzene rings is 2. The van der Waals surface area contributed by atoms with Crippen LogP contribution in [0.4, 0.5) is 17.5 Å². The van der Waals surface area contributed by atoms with Crippen LogP contribution < -0.4 is 10.6 Å². The Morgan fingerprint density at radius 2 is 2.00 bits per heavy atom. The van der Waals surface area contributed by atoms with E-state index in [2.05, 4.69) is 72.2 Å². The van der Waals surface area contributed by atoms with E-state index in [9.17, 15) is 0 Å². The van der Waals surface area contributed by atoms with Crippen molar-refractivity contribution in [3.8, 4) is 0 Å². The molecule has 28 heavy (non-hydrogen) atoms. The first-order chi connectivity index (χ1) is 13.7. The van der Waals surface area contributed by atoms with Crippen molar-refractivity contribution in [3.63, 3.8) is 0 Å². The van der Waals surface area contributed by atoms with E-state index >= 15 is 0 Å². The summed E-state index contributed by atoms with van der Waals surface area (Å²) >= 11 is 0. The number of aromatic nitrogens is 5. The quantitative estimate of drug-likeness (QED) is 0.366. The highest BCUT2D eigenvalue weighted by Crippen LogP contribution is 2.26. The first-order valence-electron chi connectivity index (χ1n) is 9.08. The molecule has 0 saturated carbocycles. The third-order valence-corrected chi connectivity index (χ3v) is 4.70. The van der Waals surface area contributed by atoms with E-state index in [4.69, 9.17) is 0 Å². The second kappa shape index (κ2) is 6.70. The minimum atomic E-state index is 0.541. The van der Waals surface area contributed by atoms with Gasteiger partial charge < -0.3 is 15.6 Å². The summed E-state index contributed by atoms with van der Waals surface area (Å²) in [5.41, 5.74) is 5.38. The molecule has 0 unspecified atom stereocenters. The van der Waals surface area contributed by atoms with Crippen LogP contribution in [0.5, 0.6) is 0 Å². The van der Waals surface area contributed by atoms with E-state index in [1.807, 2.05) is 19.2 Å². The molecule has 3 heterocycles. The number of H-pyrrole nitrogens is 2. The Bertz CT molecular complexity index is 1270. The summed E-state index contributed by atoms with van der Waals surface area (Å²) in [6.45, 7) is 2.74. The van der Waals surface area contributed by atoms with Crippen molar-refractivity contribution in [3.05, 3.63) is 72.2 Å². The number of nitrogens with zero attached hydrogens (tertiary/aromatic N) is 3. The first kappa shape index (κ1) is 16.3. The van der Waals surface area contributed by atoms with Crippen molar-refractivity contribution in [2.24, 2.45) is 0 Å². The lowest BCUT2D eigenvalue weighted by Crippen LogP contribution is -2.04. The second-order valence-electron chi connectivity index (χ2n) is 6.79. The molecule has 3 aromatic heterocycles. The third kappa shape index (κ3) is 3.14. The van der Waals surface area contributed by atoms with Crippen LogP contribution in [0.3, 0.4) is 0 Å². The van der Waals surface area contributed by atoms with E-state index < -0.39 is 0 Å². The van der Waals surface area contributed by atoms with Crippen molar-refractivity contribution in [1.29, 1.82) is 0 Å². The van der Waals surface area contributed by atoms with Gasteiger partial charge in [-0.15, -0.1) is 0 Å². The molecule has 0 spiro atoms. The van der Waals surface area contributed by atoms with Gasteiger partial charge >= 0.3 is 0 Å². The zero-order chi connectivity index (χ0) is 18.9. The summed E-state index contributed by atoms with van der Waals surface area (Å²) in [7, 11) is 0. The van der Waals surface area contributed by atoms with Gasteiger partial charge in [0.1, 0.15) is 5.82 Å². The Balaban J connectivity index is 1.35. The number of nitrogens with one attached hydrogen (secondary N) is 4. The highest BCUT2D eigenvalue weighted by molar-refractivity contribution is 5.93. The Hall–Kier alpha value is -3.87. The summed E-state index contributed by atoms with van der Waals surface area (Å²) < 4.78 is 0. The van der Waals surface area contributed by atoms with Gasteiger partial charge in [0, 0.05) is 29.8 Å². The molecule has 0 amide bonds. The zero-order valence-corrected chi connectivity index (χ0v) is 15.3. The van der Waals surface area contributed by atoms with Crippen molar-refractivity contribution >= 4 is 39.3 Å². The molecule has 0 fully saturated rings. The van der Waals surface area contributed by atoms with Crippen LogP contribution in [0.1, 0.15) is 11.1 Å². The number of rotatable bonds is 5. The summed E-state index contributed by atoms with van der Waals surface area (Å²) in [4.78, 5) is 12.1. The summed E-state index contributed by atoms with van der Waals surface area (Å²) in [6.07, 6.45) is 5.50. The van der Waals surface area contributed by atoms with Crippen molar-refractivity contribution in [2.45, 2.75) is 13.5 Å². The highest BCUT2D eigenvalue weighted by atomic mass is 15.1. The predicted octanol–water partition coefficient (Wildman–Crippen LogP) is 4.50.